The minimum absolute atomic E-state index is 0.234. The zero-order valence-electron chi connectivity index (χ0n) is 16.9. The molecule has 0 saturated heterocycles. The van der Waals surface area contributed by atoms with E-state index >= 15 is 0 Å². The lowest BCUT2D eigenvalue weighted by atomic mass is 9.99. The molecule has 2 aromatic rings. The van der Waals surface area contributed by atoms with Crippen LogP contribution in [0.1, 0.15) is 53.6 Å². The monoisotopic (exact) mass is 413 g/mol. The van der Waals surface area contributed by atoms with Gasteiger partial charge in [-0.15, -0.1) is 0 Å². The Morgan fingerprint density at radius 3 is 2.21 bits per heavy atom. The maximum atomic E-state index is 12.3. The minimum Gasteiger partial charge on any atom is -0.267 e. The highest BCUT2D eigenvalue weighted by Gasteiger charge is 2.18. The summed E-state index contributed by atoms with van der Waals surface area (Å²) in [7, 11) is -3.47. The van der Waals surface area contributed by atoms with E-state index in [0.717, 1.165) is 42.5 Å². The van der Waals surface area contributed by atoms with Crippen molar-refractivity contribution in [2.75, 3.05) is 10.6 Å². The zero-order chi connectivity index (χ0) is 20.9. The Bertz CT molecular complexity index is 973. The zero-order valence-corrected chi connectivity index (χ0v) is 17.7. The lowest BCUT2D eigenvalue weighted by Crippen LogP contribution is -2.29. The maximum absolute atomic E-state index is 12.3. The summed E-state index contributed by atoms with van der Waals surface area (Å²) >= 11 is 0. The quantitative estimate of drug-likeness (QED) is 0.727. The van der Waals surface area contributed by atoms with Gasteiger partial charge in [-0.25, -0.2) is 13.8 Å². The van der Waals surface area contributed by atoms with E-state index in [1.807, 2.05) is 31.2 Å². The van der Waals surface area contributed by atoms with Gasteiger partial charge in [0, 0.05) is 11.3 Å². The van der Waals surface area contributed by atoms with Crippen LogP contribution in [0.5, 0.6) is 0 Å². The fourth-order valence-electron chi connectivity index (χ4n) is 3.30. The molecule has 29 heavy (non-hydrogen) atoms. The van der Waals surface area contributed by atoms with Crippen LogP contribution in [0, 0.1) is 6.92 Å². The summed E-state index contributed by atoms with van der Waals surface area (Å²) in [6.45, 7) is 2.22. The highest BCUT2D eigenvalue weighted by atomic mass is 32.2. The third-order valence-corrected chi connectivity index (χ3v) is 6.15. The van der Waals surface area contributed by atoms with E-state index in [9.17, 15) is 13.2 Å². The standard InChI is InChI=1S/C22H27N3O3S/c1-17-8-10-18(11-9-17)16-25(29(2,27)28)21-14-12-19(13-15-21)22(26)24-23-20-6-4-3-5-7-20/h8-15H,3-7,16H2,1-2H3,(H,24,26). The van der Waals surface area contributed by atoms with Gasteiger partial charge in [0.2, 0.25) is 10.0 Å². The van der Waals surface area contributed by atoms with Crippen LogP contribution in [0.2, 0.25) is 0 Å². The number of nitrogens with zero attached hydrogens (tertiary/aromatic N) is 2. The van der Waals surface area contributed by atoms with Crippen molar-refractivity contribution < 1.29 is 13.2 Å². The molecule has 7 heteroatoms. The second-order valence-corrected chi connectivity index (χ2v) is 9.39. The van der Waals surface area contributed by atoms with E-state index < -0.39 is 10.0 Å². The smallest absolute Gasteiger partial charge is 0.267 e. The Labute approximate surface area is 172 Å². The number of benzene rings is 2. The van der Waals surface area contributed by atoms with Gasteiger partial charge in [-0.2, -0.15) is 5.10 Å². The van der Waals surface area contributed by atoms with E-state index in [1.54, 1.807) is 24.3 Å². The molecule has 1 N–H and O–H groups in total. The van der Waals surface area contributed by atoms with Crippen molar-refractivity contribution in [1.29, 1.82) is 0 Å². The van der Waals surface area contributed by atoms with E-state index in [-0.39, 0.29) is 12.5 Å². The molecule has 3 rings (SSSR count). The van der Waals surface area contributed by atoms with Crippen LogP contribution in [0.25, 0.3) is 0 Å². The molecule has 0 unspecified atom stereocenters. The maximum Gasteiger partial charge on any atom is 0.271 e. The third-order valence-electron chi connectivity index (χ3n) is 5.01. The Hall–Kier alpha value is -2.67. The summed E-state index contributed by atoms with van der Waals surface area (Å²) in [5.41, 5.74) is 6.61. The van der Waals surface area contributed by atoms with Crippen molar-refractivity contribution in [3.05, 3.63) is 65.2 Å². The molecule has 0 spiro atoms. The van der Waals surface area contributed by atoms with E-state index in [2.05, 4.69) is 10.5 Å². The van der Waals surface area contributed by atoms with Crippen LogP contribution in [0.4, 0.5) is 5.69 Å². The summed E-state index contributed by atoms with van der Waals surface area (Å²) in [5.74, 6) is -0.293. The van der Waals surface area contributed by atoms with E-state index in [1.165, 1.54) is 17.0 Å². The molecule has 0 radical (unpaired) electrons. The van der Waals surface area contributed by atoms with Crippen molar-refractivity contribution in [3.8, 4) is 0 Å². The number of anilines is 1. The van der Waals surface area contributed by atoms with E-state index in [4.69, 9.17) is 0 Å². The Kier molecular flexibility index (Phi) is 6.69. The van der Waals surface area contributed by atoms with Gasteiger partial charge in [0.15, 0.2) is 0 Å². The van der Waals surface area contributed by atoms with Gasteiger partial charge in [0.1, 0.15) is 0 Å². The van der Waals surface area contributed by atoms with Crippen LogP contribution in [0.15, 0.2) is 53.6 Å². The number of hydrogen-bond donors (Lipinski definition) is 1. The summed E-state index contributed by atoms with van der Waals surface area (Å²) in [6, 6.07) is 14.3. The number of rotatable bonds is 6. The lowest BCUT2D eigenvalue weighted by Gasteiger charge is -2.23. The van der Waals surface area contributed by atoms with Gasteiger partial charge < -0.3 is 0 Å². The minimum atomic E-state index is -3.47. The summed E-state index contributed by atoms with van der Waals surface area (Å²) < 4.78 is 26.0. The number of sulfonamides is 1. The average molecular weight is 414 g/mol. The van der Waals surface area contributed by atoms with Gasteiger partial charge in [-0.1, -0.05) is 36.2 Å². The predicted molar refractivity (Wildman–Crippen MR) is 117 cm³/mol. The first-order chi connectivity index (χ1) is 13.8. The molecule has 1 aliphatic carbocycles. The highest BCUT2D eigenvalue weighted by Crippen LogP contribution is 2.22. The largest absolute Gasteiger partial charge is 0.271 e. The summed E-state index contributed by atoms with van der Waals surface area (Å²) in [4.78, 5) is 12.3. The van der Waals surface area contributed by atoms with Gasteiger partial charge in [-0.05, 0) is 62.4 Å². The van der Waals surface area contributed by atoms with Gasteiger partial charge >= 0.3 is 0 Å². The molecule has 1 saturated carbocycles. The topological polar surface area (TPSA) is 78.8 Å². The first-order valence-corrected chi connectivity index (χ1v) is 11.7. The summed E-state index contributed by atoms with van der Waals surface area (Å²) in [6.07, 6.45) is 6.50. The molecule has 1 amide bonds. The van der Waals surface area contributed by atoms with Crippen molar-refractivity contribution in [3.63, 3.8) is 0 Å². The van der Waals surface area contributed by atoms with Crippen LogP contribution in [-0.2, 0) is 16.6 Å². The van der Waals surface area contributed by atoms with Crippen molar-refractivity contribution >= 4 is 27.3 Å². The van der Waals surface area contributed by atoms with Crippen molar-refractivity contribution in [2.24, 2.45) is 5.10 Å². The Balaban J connectivity index is 1.73. The number of hydrogen-bond acceptors (Lipinski definition) is 4. The number of carbonyl (C=O) groups is 1. The Morgan fingerprint density at radius 2 is 1.62 bits per heavy atom. The fourth-order valence-corrected chi connectivity index (χ4v) is 4.19. The number of nitrogens with one attached hydrogen (secondary N) is 1. The molecule has 6 nitrogen and oxygen atoms in total. The molecule has 0 aromatic heterocycles. The van der Waals surface area contributed by atoms with E-state index in [0.29, 0.717) is 11.3 Å². The second-order valence-electron chi connectivity index (χ2n) is 7.48. The van der Waals surface area contributed by atoms with Gasteiger partial charge in [0.25, 0.3) is 5.91 Å². The number of amides is 1. The Morgan fingerprint density at radius 1 is 1.00 bits per heavy atom. The highest BCUT2D eigenvalue weighted by molar-refractivity contribution is 7.92. The summed E-state index contributed by atoms with van der Waals surface area (Å²) in [5, 5.41) is 4.23. The van der Waals surface area contributed by atoms with Crippen molar-refractivity contribution in [1.82, 2.24) is 5.43 Å². The SMILES string of the molecule is Cc1ccc(CN(c2ccc(C(=O)NN=C3CCCCC3)cc2)S(C)(=O)=O)cc1. The van der Waals surface area contributed by atoms with Crippen LogP contribution < -0.4 is 9.73 Å². The molecular formula is C22H27N3O3S. The molecule has 1 aliphatic rings. The predicted octanol–water partition coefficient (Wildman–Crippen LogP) is 4.01. The van der Waals surface area contributed by atoms with Crippen molar-refractivity contribution in [2.45, 2.75) is 45.6 Å². The normalized spacial score (nSPS) is 14.3. The van der Waals surface area contributed by atoms with Crippen LogP contribution in [0.3, 0.4) is 0 Å². The molecule has 0 heterocycles. The molecule has 1 fully saturated rings. The van der Waals surface area contributed by atoms with Gasteiger partial charge in [0.05, 0.1) is 18.5 Å². The molecule has 154 valence electrons. The molecule has 0 atom stereocenters. The fraction of sp³-hybridized carbons (Fsp3) is 0.364. The first-order valence-electron chi connectivity index (χ1n) is 9.82. The number of carbonyl (C=O) groups excluding carboxylic acids is 1. The molecule has 0 bridgehead atoms. The number of aryl methyl sites for hydroxylation is 1. The van der Waals surface area contributed by atoms with Crippen LogP contribution in [-0.4, -0.2) is 26.3 Å². The second kappa shape index (κ2) is 9.22. The molecular weight excluding hydrogens is 386 g/mol. The van der Waals surface area contributed by atoms with Crippen LogP contribution >= 0.6 is 0 Å². The lowest BCUT2D eigenvalue weighted by molar-refractivity contribution is 0.0954. The number of hydrazone groups is 1. The van der Waals surface area contributed by atoms with Gasteiger partial charge in [-0.3, -0.25) is 9.10 Å². The first kappa shape index (κ1) is 21.0. The molecule has 0 aliphatic heterocycles. The molecule has 2 aromatic carbocycles. The third kappa shape index (κ3) is 5.90. The average Bonchev–Trinajstić information content (AvgIpc) is 2.71.